The van der Waals surface area contributed by atoms with Gasteiger partial charge in [0.1, 0.15) is 5.02 Å². The molecule has 0 aliphatic heterocycles. The minimum atomic E-state index is -3.85. The molecule has 0 aliphatic carbocycles. The van der Waals surface area contributed by atoms with Crippen molar-refractivity contribution in [2.24, 2.45) is 0 Å². The molecule has 0 spiro atoms. The van der Waals surface area contributed by atoms with Gasteiger partial charge >= 0.3 is 0 Å². The fraction of sp³-hybridized carbons (Fsp3) is 0.333. The molecule has 0 amide bonds. The van der Waals surface area contributed by atoms with Gasteiger partial charge in [0, 0.05) is 12.6 Å². The average molecular weight is 335 g/mol. The molecule has 7 nitrogen and oxygen atoms in total. The van der Waals surface area contributed by atoms with Crippen LogP contribution in [0.3, 0.4) is 0 Å². The fourth-order valence-electron chi connectivity index (χ4n) is 1.59. The van der Waals surface area contributed by atoms with Gasteiger partial charge in [-0.25, -0.2) is 13.1 Å². The minimum Gasteiger partial charge on any atom is -0.502 e. The number of benzene rings is 1. The number of ether oxygens (including phenoxy) is 1. The molecule has 0 unspecified atom stereocenters. The average Bonchev–Trinajstić information content (AvgIpc) is 2.37. The first-order chi connectivity index (χ1) is 9.79. The highest BCUT2D eigenvalue weighted by atomic mass is 35.5. The highest BCUT2D eigenvalue weighted by Gasteiger charge is 2.23. The summed E-state index contributed by atoms with van der Waals surface area (Å²) in [6, 6.07) is 2.22. The molecule has 9 heteroatoms. The summed E-state index contributed by atoms with van der Waals surface area (Å²) in [5, 5.41) is 10.7. The summed E-state index contributed by atoms with van der Waals surface area (Å²) < 4.78 is 31.5. The zero-order chi connectivity index (χ0) is 16.0. The number of nitrogens with zero attached hydrogens (tertiary/aromatic N) is 1. The van der Waals surface area contributed by atoms with Gasteiger partial charge in [-0.2, -0.15) is 0 Å². The van der Waals surface area contributed by atoms with E-state index < -0.39 is 20.6 Å². The van der Waals surface area contributed by atoms with Gasteiger partial charge in [0.15, 0.2) is 0 Å². The molecule has 1 aromatic carbocycles. The minimum absolute atomic E-state index is 0.101. The van der Waals surface area contributed by atoms with Crippen molar-refractivity contribution >= 4 is 27.3 Å². The van der Waals surface area contributed by atoms with E-state index in [1.54, 1.807) is 0 Å². The van der Waals surface area contributed by atoms with Crippen LogP contribution < -0.4 is 4.72 Å². The second-order valence-electron chi connectivity index (χ2n) is 4.12. The highest BCUT2D eigenvalue weighted by molar-refractivity contribution is 7.89. The van der Waals surface area contributed by atoms with Crippen LogP contribution in [-0.4, -0.2) is 26.5 Å². The van der Waals surface area contributed by atoms with Crippen molar-refractivity contribution in [2.75, 3.05) is 13.2 Å². The number of hydrogen-bond donors (Lipinski definition) is 1. The summed E-state index contributed by atoms with van der Waals surface area (Å²) >= 11 is 5.73. The van der Waals surface area contributed by atoms with E-state index >= 15 is 0 Å². The van der Waals surface area contributed by atoms with Gasteiger partial charge in [-0.15, -0.1) is 0 Å². The van der Waals surface area contributed by atoms with Gasteiger partial charge in [-0.05, 0) is 25.0 Å². The molecule has 0 heterocycles. The first kappa shape index (κ1) is 17.4. The second-order valence-corrected chi connectivity index (χ2v) is 6.26. The molecule has 0 fully saturated rings. The number of halogens is 1. The van der Waals surface area contributed by atoms with Gasteiger partial charge in [0.05, 0.1) is 22.7 Å². The van der Waals surface area contributed by atoms with E-state index in [1.165, 1.54) is 19.3 Å². The largest absolute Gasteiger partial charge is 0.502 e. The summed E-state index contributed by atoms with van der Waals surface area (Å²) in [6.45, 7) is 5.35. The van der Waals surface area contributed by atoms with Crippen molar-refractivity contribution in [3.63, 3.8) is 0 Å². The van der Waals surface area contributed by atoms with Crippen LogP contribution in [0.5, 0.6) is 0 Å². The molecule has 0 aliphatic rings. The normalized spacial score (nSPS) is 11.1. The summed E-state index contributed by atoms with van der Waals surface area (Å²) in [5.41, 5.74) is -0.113. The Morgan fingerprint density at radius 2 is 2.19 bits per heavy atom. The first-order valence-electron chi connectivity index (χ1n) is 5.96. The number of sulfonamides is 1. The molecule has 1 aromatic rings. The van der Waals surface area contributed by atoms with E-state index in [0.717, 1.165) is 6.07 Å². The van der Waals surface area contributed by atoms with E-state index in [9.17, 15) is 18.5 Å². The van der Waals surface area contributed by atoms with Crippen molar-refractivity contribution in [2.45, 2.75) is 18.2 Å². The zero-order valence-corrected chi connectivity index (χ0v) is 12.9. The Hall–Kier alpha value is -1.64. The standard InChI is InChI=1S/C12H15ClN2O5S/c1-3-20-6-4-5-14-21(18,19)12-8-11(15(16)17)10(13)7-9(12)2/h3,7-8,14H,1,4-6H2,2H3. The lowest BCUT2D eigenvalue weighted by Crippen LogP contribution is -2.26. The van der Waals surface area contributed by atoms with Gasteiger partial charge in [0.2, 0.25) is 10.0 Å². The van der Waals surface area contributed by atoms with Crippen LogP contribution in [0.15, 0.2) is 29.9 Å². The Kier molecular flexibility index (Phi) is 6.13. The topological polar surface area (TPSA) is 98.5 Å². The number of nitro benzene ring substituents is 1. The molecule has 21 heavy (non-hydrogen) atoms. The predicted octanol–water partition coefficient (Wildman–Crippen LogP) is 2.39. The lowest BCUT2D eigenvalue weighted by atomic mass is 10.2. The SMILES string of the molecule is C=COCCCNS(=O)(=O)c1cc([N+](=O)[O-])c(Cl)cc1C. The van der Waals surface area contributed by atoms with Crippen LogP contribution in [0.25, 0.3) is 0 Å². The molecular formula is C12H15ClN2O5S. The van der Waals surface area contributed by atoms with E-state index in [0.29, 0.717) is 18.6 Å². The molecular weight excluding hydrogens is 320 g/mol. The van der Waals surface area contributed by atoms with Crippen LogP contribution in [0.2, 0.25) is 5.02 Å². The molecule has 0 saturated carbocycles. The zero-order valence-electron chi connectivity index (χ0n) is 11.3. The third-order valence-electron chi connectivity index (χ3n) is 2.58. The Morgan fingerprint density at radius 3 is 2.76 bits per heavy atom. The van der Waals surface area contributed by atoms with Gasteiger partial charge in [-0.3, -0.25) is 10.1 Å². The fourth-order valence-corrected chi connectivity index (χ4v) is 3.20. The number of aryl methyl sites for hydroxylation is 1. The van der Waals surface area contributed by atoms with Crippen molar-refractivity contribution in [3.05, 3.63) is 45.7 Å². The molecule has 116 valence electrons. The number of hydrogen-bond acceptors (Lipinski definition) is 5. The summed E-state index contributed by atoms with van der Waals surface area (Å²) in [4.78, 5) is 9.94. The molecule has 0 saturated heterocycles. The van der Waals surface area contributed by atoms with E-state index in [4.69, 9.17) is 16.3 Å². The van der Waals surface area contributed by atoms with Gasteiger partial charge in [0.25, 0.3) is 5.69 Å². The Balaban J connectivity index is 2.95. The van der Waals surface area contributed by atoms with Gasteiger partial charge in [-0.1, -0.05) is 18.2 Å². The summed E-state index contributed by atoms with van der Waals surface area (Å²) in [6.07, 6.45) is 1.71. The Labute approximate surface area is 127 Å². The molecule has 0 atom stereocenters. The van der Waals surface area contributed by atoms with Crippen LogP contribution in [0.4, 0.5) is 5.69 Å². The number of nitrogens with one attached hydrogen (secondary N) is 1. The van der Waals surface area contributed by atoms with Crippen molar-refractivity contribution < 1.29 is 18.1 Å². The first-order valence-corrected chi connectivity index (χ1v) is 7.82. The van der Waals surface area contributed by atoms with Crippen LogP contribution in [0, 0.1) is 17.0 Å². The third-order valence-corrected chi connectivity index (χ3v) is 4.49. The van der Waals surface area contributed by atoms with Crippen LogP contribution in [0.1, 0.15) is 12.0 Å². The maximum Gasteiger partial charge on any atom is 0.289 e. The number of nitro groups is 1. The number of rotatable bonds is 8. The van der Waals surface area contributed by atoms with Crippen molar-refractivity contribution in [1.29, 1.82) is 0 Å². The molecule has 0 bridgehead atoms. The quantitative estimate of drug-likeness (QED) is 0.340. The van der Waals surface area contributed by atoms with Crippen molar-refractivity contribution in [3.8, 4) is 0 Å². The predicted molar refractivity (Wildman–Crippen MR) is 78.8 cm³/mol. The Bertz CT molecular complexity index is 645. The van der Waals surface area contributed by atoms with Gasteiger partial charge < -0.3 is 4.74 Å². The Morgan fingerprint density at radius 1 is 1.52 bits per heavy atom. The van der Waals surface area contributed by atoms with Crippen LogP contribution in [-0.2, 0) is 14.8 Å². The molecule has 0 aromatic heterocycles. The maximum atomic E-state index is 12.1. The summed E-state index contributed by atoms with van der Waals surface area (Å²) in [5.74, 6) is 0. The highest BCUT2D eigenvalue weighted by Crippen LogP contribution is 2.29. The third kappa shape index (κ3) is 4.69. The van der Waals surface area contributed by atoms with Crippen molar-refractivity contribution in [1.82, 2.24) is 4.72 Å². The second kappa shape index (κ2) is 7.39. The summed E-state index contributed by atoms with van der Waals surface area (Å²) in [7, 11) is -3.85. The van der Waals surface area contributed by atoms with E-state index in [1.807, 2.05) is 0 Å². The molecule has 1 N–H and O–H groups in total. The lowest BCUT2D eigenvalue weighted by Gasteiger charge is -2.10. The smallest absolute Gasteiger partial charge is 0.289 e. The van der Waals surface area contributed by atoms with Crippen LogP contribution >= 0.6 is 11.6 Å². The van der Waals surface area contributed by atoms with E-state index in [-0.39, 0.29) is 16.5 Å². The van der Waals surface area contributed by atoms with E-state index in [2.05, 4.69) is 11.3 Å². The maximum absolute atomic E-state index is 12.1. The molecule has 0 radical (unpaired) electrons. The lowest BCUT2D eigenvalue weighted by molar-refractivity contribution is -0.384. The monoisotopic (exact) mass is 334 g/mol. The molecule has 1 rings (SSSR count).